The normalized spacial score (nSPS) is 10.4. The molecule has 0 fully saturated rings. The summed E-state index contributed by atoms with van der Waals surface area (Å²) in [6.07, 6.45) is 0.728. The second-order valence-corrected chi connectivity index (χ2v) is 8.16. The highest BCUT2D eigenvalue weighted by atomic mass is 35.5. The number of amides is 3. The lowest BCUT2D eigenvalue weighted by molar-refractivity contribution is 0.0954. The fraction of sp³-hybridized carbons (Fsp3) is 0.167. The van der Waals surface area contributed by atoms with Gasteiger partial charge in [0, 0.05) is 37.0 Å². The molecule has 0 bridgehead atoms. The minimum Gasteiger partial charge on any atom is -0.377 e. The van der Waals surface area contributed by atoms with E-state index in [2.05, 4.69) is 16.0 Å². The van der Waals surface area contributed by atoms with Crippen LogP contribution in [0.15, 0.2) is 66.7 Å². The van der Waals surface area contributed by atoms with Gasteiger partial charge < -0.3 is 20.9 Å². The number of urea groups is 1. The SMILES string of the molecule is CN(C)c1ccc(NC(=O)Nc2ccc(Cl)cc2Cl)cc1C(=O)NCCc1ccccc1. The van der Waals surface area contributed by atoms with Crippen LogP contribution >= 0.6 is 23.2 Å². The summed E-state index contributed by atoms with van der Waals surface area (Å²) in [5.74, 6) is -0.213. The molecule has 0 aliphatic rings. The van der Waals surface area contributed by atoms with Crippen molar-refractivity contribution in [1.29, 1.82) is 0 Å². The van der Waals surface area contributed by atoms with E-state index < -0.39 is 6.03 Å². The van der Waals surface area contributed by atoms with E-state index in [1.807, 2.05) is 49.3 Å². The van der Waals surface area contributed by atoms with Crippen LogP contribution in [-0.4, -0.2) is 32.6 Å². The molecule has 3 rings (SSSR count). The van der Waals surface area contributed by atoms with Gasteiger partial charge in [0.05, 0.1) is 16.3 Å². The van der Waals surface area contributed by atoms with E-state index in [1.165, 1.54) is 0 Å². The van der Waals surface area contributed by atoms with Gasteiger partial charge in [-0.25, -0.2) is 4.79 Å². The third-order valence-corrected chi connectivity index (χ3v) is 5.25. The molecule has 0 atom stereocenters. The minimum absolute atomic E-state index is 0.213. The maximum absolute atomic E-state index is 12.9. The number of carbonyl (C=O) groups is 2. The van der Waals surface area contributed by atoms with Gasteiger partial charge in [-0.3, -0.25) is 4.79 Å². The van der Waals surface area contributed by atoms with E-state index in [-0.39, 0.29) is 5.91 Å². The standard InChI is InChI=1S/C24H24Cl2N4O2/c1-30(2)22-11-9-18(28-24(32)29-21-10-8-17(25)14-20(21)26)15-19(22)23(31)27-13-12-16-6-4-3-5-7-16/h3-11,14-15H,12-13H2,1-2H3,(H,27,31)(H2,28,29,32). The van der Waals surface area contributed by atoms with E-state index in [4.69, 9.17) is 23.2 Å². The van der Waals surface area contributed by atoms with Crippen LogP contribution in [0.5, 0.6) is 0 Å². The molecule has 0 radical (unpaired) electrons. The van der Waals surface area contributed by atoms with Crippen molar-refractivity contribution < 1.29 is 9.59 Å². The lowest BCUT2D eigenvalue weighted by Crippen LogP contribution is -2.28. The van der Waals surface area contributed by atoms with Crippen molar-refractivity contribution in [3.05, 3.63) is 87.9 Å². The monoisotopic (exact) mass is 470 g/mol. The molecule has 166 valence electrons. The first-order valence-corrected chi connectivity index (χ1v) is 10.8. The molecule has 0 aliphatic heterocycles. The number of benzene rings is 3. The first-order valence-electron chi connectivity index (χ1n) is 10.00. The highest BCUT2D eigenvalue weighted by Gasteiger charge is 2.15. The molecule has 0 aromatic heterocycles. The van der Waals surface area contributed by atoms with Crippen LogP contribution in [0.4, 0.5) is 21.9 Å². The van der Waals surface area contributed by atoms with E-state index in [1.54, 1.807) is 36.4 Å². The zero-order valence-corrected chi connectivity index (χ0v) is 19.3. The number of nitrogens with one attached hydrogen (secondary N) is 3. The number of hydrogen-bond donors (Lipinski definition) is 3. The van der Waals surface area contributed by atoms with Gasteiger partial charge in [-0.2, -0.15) is 0 Å². The Morgan fingerprint density at radius 2 is 1.66 bits per heavy atom. The lowest BCUT2D eigenvalue weighted by Gasteiger charge is -2.19. The first kappa shape index (κ1) is 23.4. The average Bonchev–Trinajstić information content (AvgIpc) is 2.76. The van der Waals surface area contributed by atoms with Gasteiger partial charge >= 0.3 is 6.03 Å². The van der Waals surface area contributed by atoms with Crippen molar-refractivity contribution in [1.82, 2.24) is 5.32 Å². The minimum atomic E-state index is -0.484. The Hall–Kier alpha value is -3.22. The van der Waals surface area contributed by atoms with Gasteiger partial charge in [0.2, 0.25) is 0 Å². The van der Waals surface area contributed by atoms with Crippen LogP contribution in [0.25, 0.3) is 0 Å². The Morgan fingerprint density at radius 3 is 2.34 bits per heavy atom. The molecule has 3 aromatic rings. The van der Waals surface area contributed by atoms with Crippen molar-refractivity contribution >= 4 is 52.2 Å². The molecule has 3 aromatic carbocycles. The van der Waals surface area contributed by atoms with Gasteiger partial charge in [0.15, 0.2) is 0 Å². The summed E-state index contributed by atoms with van der Waals surface area (Å²) in [5.41, 5.74) is 3.26. The van der Waals surface area contributed by atoms with Crippen LogP contribution < -0.4 is 20.9 Å². The molecular formula is C24H24Cl2N4O2. The summed E-state index contributed by atoms with van der Waals surface area (Å²) in [6, 6.07) is 19.4. The fourth-order valence-corrected chi connectivity index (χ4v) is 3.58. The largest absolute Gasteiger partial charge is 0.377 e. The molecular weight excluding hydrogens is 447 g/mol. The molecule has 0 saturated carbocycles. The molecule has 0 spiro atoms. The van der Waals surface area contributed by atoms with Crippen molar-refractivity contribution in [2.75, 3.05) is 36.2 Å². The Morgan fingerprint density at radius 1 is 0.906 bits per heavy atom. The molecule has 8 heteroatoms. The number of hydrogen-bond acceptors (Lipinski definition) is 3. The molecule has 0 aliphatic carbocycles. The Bertz CT molecular complexity index is 1100. The van der Waals surface area contributed by atoms with Crippen molar-refractivity contribution in [3.8, 4) is 0 Å². The number of nitrogens with zero attached hydrogens (tertiary/aromatic N) is 1. The maximum atomic E-state index is 12.9. The van der Waals surface area contributed by atoms with E-state index in [0.29, 0.717) is 33.5 Å². The number of halogens is 2. The highest BCUT2D eigenvalue weighted by molar-refractivity contribution is 6.36. The van der Waals surface area contributed by atoms with E-state index >= 15 is 0 Å². The Balaban J connectivity index is 1.69. The van der Waals surface area contributed by atoms with Gasteiger partial charge in [-0.1, -0.05) is 53.5 Å². The Kier molecular flexibility index (Phi) is 7.98. The van der Waals surface area contributed by atoms with E-state index in [0.717, 1.165) is 17.7 Å². The molecule has 0 heterocycles. The fourth-order valence-electron chi connectivity index (χ4n) is 3.12. The number of carbonyl (C=O) groups excluding carboxylic acids is 2. The summed E-state index contributed by atoms with van der Waals surface area (Å²) >= 11 is 12.0. The van der Waals surface area contributed by atoms with Gasteiger partial charge in [0.25, 0.3) is 5.91 Å². The molecule has 0 unspecified atom stereocenters. The zero-order valence-electron chi connectivity index (χ0n) is 17.8. The third-order valence-electron chi connectivity index (χ3n) is 4.70. The number of anilines is 3. The van der Waals surface area contributed by atoms with Crippen LogP contribution in [0.1, 0.15) is 15.9 Å². The summed E-state index contributed by atoms with van der Waals surface area (Å²) < 4.78 is 0. The average molecular weight is 471 g/mol. The van der Waals surface area contributed by atoms with Crippen molar-refractivity contribution in [3.63, 3.8) is 0 Å². The molecule has 0 saturated heterocycles. The number of rotatable bonds is 7. The smallest absolute Gasteiger partial charge is 0.323 e. The van der Waals surface area contributed by atoms with Gasteiger partial charge in [-0.05, 0) is 48.4 Å². The predicted molar refractivity (Wildman–Crippen MR) is 132 cm³/mol. The quantitative estimate of drug-likeness (QED) is 0.416. The maximum Gasteiger partial charge on any atom is 0.323 e. The van der Waals surface area contributed by atoms with Crippen LogP contribution in [0.2, 0.25) is 10.0 Å². The Labute approximate surface area is 197 Å². The van der Waals surface area contributed by atoms with Crippen molar-refractivity contribution in [2.24, 2.45) is 0 Å². The molecule has 3 amide bonds. The summed E-state index contributed by atoms with van der Waals surface area (Å²) in [5, 5.41) is 9.16. The summed E-state index contributed by atoms with van der Waals surface area (Å²) in [6.45, 7) is 0.503. The lowest BCUT2D eigenvalue weighted by atomic mass is 10.1. The highest BCUT2D eigenvalue weighted by Crippen LogP contribution is 2.26. The van der Waals surface area contributed by atoms with Crippen LogP contribution in [0.3, 0.4) is 0 Å². The second kappa shape index (κ2) is 10.9. The van der Waals surface area contributed by atoms with Crippen molar-refractivity contribution in [2.45, 2.75) is 6.42 Å². The predicted octanol–water partition coefficient (Wildman–Crippen LogP) is 5.68. The summed E-state index contributed by atoms with van der Waals surface area (Å²) in [4.78, 5) is 27.1. The van der Waals surface area contributed by atoms with E-state index in [9.17, 15) is 9.59 Å². The third kappa shape index (κ3) is 6.39. The topological polar surface area (TPSA) is 73.5 Å². The van der Waals surface area contributed by atoms with Gasteiger partial charge in [-0.15, -0.1) is 0 Å². The van der Waals surface area contributed by atoms with Gasteiger partial charge in [0.1, 0.15) is 0 Å². The molecule has 3 N–H and O–H groups in total. The van der Waals surface area contributed by atoms with Crippen LogP contribution in [-0.2, 0) is 6.42 Å². The first-order chi connectivity index (χ1) is 15.3. The zero-order chi connectivity index (χ0) is 23.1. The summed E-state index contributed by atoms with van der Waals surface area (Å²) in [7, 11) is 3.72. The van der Waals surface area contributed by atoms with Crippen LogP contribution in [0, 0.1) is 0 Å². The molecule has 6 nitrogen and oxygen atoms in total. The second-order valence-electron chi connectivity index (χ2n) is 7.32. The molecule has 32 heavy (non-hydrogen) atoms.